The van der Waals surface area contributed by atoms with Crippen molar-refractivity contribution >= 4 is 22.6 Å². The molecule has 0 saturated heterocycles. The maximum atomic E-state index is 5.50. The van der Waals surface area contributed by atoms with Crippen LogP contribution in [-0.2, 0) is 16.1 Å². The first-order chi connectivity index (χ1) is 6.83. The summed E-state index contributed by atoms with van der Waals surface area (Å²) in [5.41, 5.74) is 1.18. The second-order valence-corrected chi connectivity index (χ2v) is 4.00. The molecule has 2 nitrogen and oxygen atoms in total. The highest BCUT2D eigenvalue weighted by atomic mass is 127. The number of benzene rings is 1. The molecule has 0 fully saturated rings. The van der Waals surface area contributed by atoms with Crippen molar-refractivity contribution in [3.05, 3.63) is 35.9 Å². The lowest BCUT2D eigenvalue weighted by Crippen LogP contribution is -2.14. The molecule has 0 spiro atoms. The van der Waals surface area contributed by atoms with Crippen molar-refractivity contribution in [2.45, 2.75) is 19.8 Å². The third-order valence-electron chi connectivity index (χ3n) is 1.76. The molecule has 0 aromatic heterocycles. The minimum Gasteiger partial charge on any atom is -0.352 e. The summed E-state index contributed by atoms with van der Waals surface area (Å²) >= 11 is 2.28. The summed E-state index contributed by atoms with van der Waals surface area (Å²) in [4.78, 5) is 0. The van der Waals surface area contributed by atoms with Crippen LogP contribution in [0.3, 0.4) is 0 Å². The molecule has 1 aromatic rings. The lowest BCUT2D eigenvalue weighted by atomic mass is 10.2. The number of hydrogen-bond acceptors (Lipinski definition) is 2. The molecule has 0 aliphatic rings. The molecule has 78 valence electrons. The van der Waals surface area contributed by atoms with Crippen LogP contribution in [0.4, 0.5) is 0 Å². The Hall–Kier alpha value is -0.130. The van der Waals surface area contributed by atoms with E-state index < -0.39 is 0 Å². The quantitative estimate of drug-likeness (QED) is 0.457. The molecule has 1 rings (SSSR count). The van der Waals surface area contributed by atoms with E-state index in [1.807, 2.05) is 37.3 Å². The summed E-state index contributed by atoms with van der Waals surface area (Å²) in [6.45, 7) is 3.29. The zero-order valence-electron chi connectivity index (χ0n) is 8.28. The molecule has 0 saturated carbocycles. The van der Waals surface area contributed by atoms with Crippen LogP contribution in [0.1, 0.15) is 12.5 Å². The van der Waals surface area contributed by atoms with Crippen molar-refractivity contribution in [2.75, 3.05) is 11.0 Å². The first-order valence-corrected chi connectivity index (χ1v) is 6.18. The Labute approximate surface area is 98.7 Å². The standard InChI is InChI=1S/C11H15IO2/c1-10(13-8-7-12)14-9-11-5-3-2-4-6-11/h2-6,10H,7-9H2,1H3/t10-/m1/s1. The van der Waals surface area contributed by atoms with Crippen LogP contribution in [0.25, 0.3) is 0 Å². The van der Waals surface area contributed by atoms with Crippen LogP contribution in [-0.4, -0.2) is 17.3 Å². The largest absolute Gasteiger partial charge is 0.352 e. The maximum absolute atomic E-state index is 5.50. The monoisotopic (exact) mass is 306 g/mol. The molecule has 1 atom stereocenters. The second kappa shape index (κ2) is 7.20. The SMILES string of the molecule is C[C@H](OCCI)OCc1ccccc1. The van der Waals surface area contributed by atoms with Gasteiger partial charge in [-0.1, -0.05) is 52.9 Å². The van der Waals surface area contributed by atoms with E-state index in [1.54, 1.807) is 0 Å². The lowest BCUT2D eigenvalue weighted by Gasteiger charge is -2.13. The number of alkyl halides is 1. The second-order valence-electron chi connectivity index (χ2n) is 2.92. The maximum Gasteiger partial charge on any atom is 0.155 e. The highest BCUT2D eigenvalue weighted by Gasteiger charge is 2.01. The lowest BCUT2D eigenvalue weighted by molar-refractivity contribution is -0.133. The smallest absolute Gasteiger partial charge is 0.155 e. The van der Waals surface area contributed by atoms with Crippen LogP contribution in [0.15, 0.2) is 30.3 Å². The number of ether oxygens (including phenoxy) is 2. The Morgan fingerprint density at radius 2 is 1.93 bits per heavy atom. The van der Waals surface area contributed by atoms with E-state index in [9.17, 15) is 0 Å². The third kappa shape index (κ3) is 4.93. The van der Waals surface area contributed by atoms with Crippen LogP contribution in [0.2, 0.25) is 0 Å². The fourth-order valence-electron chi connectivity index (χ4n) is 1.05. The molecular formula is C11H15IO2. The molecular weight excluding hydrogens is 291 g/mol. The fourth-order valence-corrected chi connectivity index (χ4v) is 1.30. The van der Waals surface area contributed by atoms with Gasteiger partial charge in [-0.25, -0.2) is 0 Å². The zero-order chi connectivity index (χ0) is 10.2. The highest BCUT2D eigenvalue weighted by molar-refractivity contribution is 14.1. The van der Waals surface area contributed by atoms with E-state index in [2.05, 4.69) is 22.6 Å². The Morgan fingerprint density at radius 1 is 1.21 bits per heavy atom. The average Bonchev–Trinajstić information content (AvgIpc) is 2.25. The van der Waals surface area contributed by atoms with Gasteiger partial charge in [0, 0.05) is 4.43 Å². The van der Waals surface area contributed by atoms with Gasteiger partial charge in [-0.15, -0.1) is 0 Å². The molecule has 3 heteroatoms. The third-order valence-corrected chi connectivity index (χ3v) is 2.20. The Bertz CT molecular complexity index is 238. The first kappa shape index (κ1) is 11.9. The summed E-state index contributed by atoms with van der Waals surface area (Å²) in [6.07, 6.45) is -0.120. The molecule has 0 radical (unpaired) electrons. The van der Waals surface area contributed by atoms with Crippen molar-refractivity contribution in [3.63, 3.8) is 0 Å². The van der Waals surface area contributed by atoms with E-state index in [1.165, 1.54) is 5.56 Å². The van der Waals surface area contributed by atoms with E-state index >= 15 is 0 Å². The molecule has 0 aliphatic carbocycles. The Kier molecular flexibility index (Phi) is 6.14. The van der Waals surface area contributed by atoms with Crippen molar-refractivity contribution in [3.8, 4) is 0 Å². The summed E-state index contributed by atoms with van der Waals surface area (Å²) in [5, 5.41) is 0. The van der Waals surface area contributed by atoms with Crippen LogP contribution in [0.5, 0.6) is 0 Å². The topological polar surface area (TPSA) is 18.5 Å². The summed E-state index contributed by atoms with van der Waals surface area (Å²) in [6, 6.07) is 10.1. The van der Waals surface area contributed by atoms with Gasteiger partial charge < -0.3 is 9.47 Å². The van der Waals surface area contributed by atoms with Crippen molar-refractivity contribution in [1.29, 1.82) is 0 Å². The van der Waals surface area contributed by atoms with Gasteiger partial charge in [-0.05, 0) is 12.5 Å². The number of hydrogen-bond donors (Lipinski definition) is 0. The van der Waals surface area contributed by atoms with E-state index in [4.69, 9.17) is 9.47 Å². The predicted octanol–water partition coefficient (Wildman–Crippen LogP) is 3.00. The van der Waals surface area contributed by atoms with E-state index in [0.717, 1.165) is 11.0 Å². The minimum absolute atomic E-state index is 0.120. The van der Waals surface area contributed by atoms with Gasteiger partial charge in [-0.2, -0.15) is 0 Å². The zero-order valence-corrected chi connectivity index (χ0v) is 10.4. The first-order valence-electron chi connectivity index (χ1n) is 4.66. The van der Waals surface area contributed by atoms with Crippen LogP contribution >= 0.6 is 22.6 Å². The van der Waals surface area contributed by atoms with Gasteiger partial charge in [0.15, 0.2) is 6.29 Å². The number of halogens is 1. The van der Waals surface area contributed by atoms with Crippen LogP contribution < -0.4 is 0 Å². The highest BCUT2D eigenvalue weighted by Crippen LogP contribution is 2.04. The van der Waals surface area contributed by atoms with Gasteiger partial charge in [0.05, 0.1) is 13.2 Å². The molecule has 0 unspecified atom stereocenters. The summed E-state index contributed by atoms with van der Waals surface area (Å²) in [5.74, 6) is 0. The average molecular weight is 306 g/mol. The molecule has 14 heavy (non-hydrogen) atoms. The van der Waals surface area contributed by atoms with Crippen molar-refractivity contribution in [2.24, 2.45) is 0 Å². The summed E-state index contributed by atoms with van der Waals surface area (Å²) < 4.78 is 11.9. The van der Waals surface area contributed by atoms with Gasteiger partial charge in [0.2, 0.25) is 0 Å². The van der Waals surface area contributed by atoms with Crippen molar-refractivity contribution < 1.29 is 9.47 Å². The number of rotatable bonds is 6. The Morgan fingerprint density at radius 3 is 2.57 bits per heavy atom. The molecule has 0 heterocycles. The Balaban J connectivity index is 2.20. The summed E-state index contributed by atoms with van der Waals surface area (Å²) in [7, 11) is 0. The normalized spacial score (nSPS) is 12.7. The minimum atomic E-state index is -0.120. The molecule has 1 aromatic carbocycles. The van der Waals surface area contributed by atoms with Gasteiger partial charge in [0.1, 0.15) is 0 Å². The van der Waals surface area contributed by atoms with Gasteiger partial charge >= 0.3 is 0 Å². The fraction of sp³-hybridized carbons (Fsp3) is 0.455. The predicted molar refractivity (Wildman–Crippen MR) is 65.5 cm³/mol. The van der Waals surface area contributed by atoms with Gasteiger partial charge in [-0.3, -0.25) is 0 Å². The van der Waals surface area contributed by atoms with E-state index in [-0.39, 0.29) is 6.29 Å². The molecule has 0 amide bonds. The van der Waals surface area contributed by atoms with Crippen molar-refractivity contribution in [1.82, 2.24) is 0 Å². The van der Waals surface area contributed by atoms with Gasteiger partial charge in [0.25, 0.3) is 0 Å². The van der Waals surface area contributed by atoms with Crippen LogP contribution in [0, 0.1) is 0 Å². The van der Waals surface area contributed by atoms with E-state index in [0.29, 0.717) is 6.61 Å². The molecule has 0 aliphatic heterocycles. The molecule has 0 bridgehead atoms. The molecule has 0 N–H and O–H groups in total.